The third-order valence-corrected chi connectivity index (χ3v) is 3.81. The summed E-state index contributed by atoms with van der Waals surface area (Å²) in [5.74, 6) is 0.823. The van der Waals surface area contributed by atoms with Crippen LogP contribution in [0.1, 0.15) is 23.0 Å². The molecule has 0 atom stereocenters. The molecule has 0 aliphatic heterocycles. The molecule has 1 aromatic heterocycles. The van der Waals surface area contributed by atoms with Crippen molar-refractivity contribution in [2.24, 2.45) is 0 Å². The number of benzene rings is 2. The topological polar surface area (TPSA) is 51.3 Å². The van der Waals surface area contributed by atoms with Crippen LogP contribution in [0.25, 0.3) is 11.3 Å². The van der Waals surface area contributed by atoms with Crippen molar-refractivity contribution in [1.82, 2.24) is 4.98 Å². The summed E-state index contributed by atoms with van der Waals surface area (Å²) in [6.07, 6.45) is 0.815. The molecule has 3 aromatic rings. The Balaban J connectivity index is 1.90. The molecule has 0 saturated heterocycles. The van der Waals surface area contributed by atoms with Crippen LogP contribution in [-0.4, -0.2) is 18.1 Å². The Morgan fingerprint density at radius 2 is 1.67 bits per heavy atom. The Kier molecular flexibility index (Phi) is 4.66. The van der Waals surface area contributed by atoms with Crippen LogP contribution in [0.3, 0.4) is 0 Å². The predicted octanol–water partition coefficient (Wildman–Crippen LogP) is 4.47. The van der Waals surface area contributed by atoms with Crippen LogP contribution in [0.15, 0.2) is 60.7 Å². The fraction of sp³-hybridized carbons (Fsp3) is 0.150. The number of rotatable bonds is 5. The standard InChI is InChI=1S/C20H19NO3/c1-3-15-13-18(19(21-15)14-7-5-4-6-8-14)20(22)24-17-11-9-16(23-2)10-12-17/h4-13,21H,3H2,1-2H3. The first-order chi connectivity index (χ1) is 11.7. The average molecular weight is 321 g/mol. The normalized spacial score (nSPS) is 10.4. The molecule has 4 nitrogen and oxygen atoms in total. The molecule has 4 heteroatoms. The van der Waals surface area contributed by atoms with Gasteiger partial charge < -0.3 is 14.5 Å². The number of hydrogen-bond donors (Lipinski definition) is 1. The van der Waals surface area contributed by atoms with Crippen molar-refractivity contribution in [3.63, 3.8) is 0 Å². The summed E-state index contributed by atoms with van der Waals surface area (Å²) in [7, 11) is 1.60. The van der Waals surface area contributed by atoms with E-state index in [1.54, 1.807) is 31.4 Å². The summed E-state index contributed by atoms with van der Waals surface area (Å²) in [6.45, 7) is 2.04. The zero-order valence-electron chi connectivity index (χ0n) is 13.7. The van der Waals surface area contributed by atoms with E-state index in [0.29, 0.717) is 11.3 Å². The van der Waals surface area contributed by atoms with Gasteiger partial charge in [0.05, 0.1) is 18.4 Å². The molecule has 0 radical (unpaired) electrons. The van der Waals surface area contributed by atoms with Gasteiger partial charge in [-0.25, -0.2) is 4.79 Å². The molecule has 0 spiro atoms. The van der Waals surface area contributed by atoms with Crippen molar-refractivity contribution in [3.05, 3.63) is 71.9 Å². The van der Waals surface area contributed by atoms with Crippen molar-refractivity contribution in [1.29, 1.82) is 0 Å². The number of methoxy groups -OCH3 is 1. The highest BCUT2D eigenvalue weighted by Crippen LogP contribution is 2.26. The van der Waals surface area contributed by atoms with Gasteiger partial charge in [-0.3, -0.25) is 0 Å². The number of H-pyrrole nitrogens is 1. The summed E-state index contributed by atoms with van der Waals surface area (Å²) in [5.41, 5.74) is 3.27. The smallest absolute Gasteiger partial charge is 0.345 e. The van der Waals surface area contributed by atoms with Gasteiger partial charge in [-0.05, 0) is 42.3 Å². The largest absolute Gasteiger partial charge is 0.497 e. The summed E-state index contributed by atoms with van der Waals surface area (Å²) in [4.78, 5) is 15.9. The van der Waals surface area contributed by atoms with Crippen LogP contribution in [0.2, 0.25) is 0 Å². The molecule has 0 fully saturated rings. The number of aromatic nitrogens is 1. The van der Waals surface area contributed by atoms with E-state index < -0.39 is 0 Å². The minimum atomic E-state index is -0.380. The van der Waals surface area contributed by atoms with Crippen LogP contribution in [0.5, 0.6) is 11.5 Å². The van der Waals surface area contributed by atoms with Gasteiger partial charge in [0.1, 0.15) is 11.5 Å². The monoisotopic (exact) mass is 321 g/mol. The lowest BCUT2D eigenvalue weighted by molar-refractivity contribution is 0.0735. The molecule has 122 valence electrons. The van der Waals surface area contributed by atoms with Crippen molar-refractivity contribution in [2.75, 3.05) is 7.11 Å². The molecular formula is C20H19NO3. The maximum absolute atomic E-state index is 12.6. The molecular weight excluding hydrogens is 302 g/mol. The van der Waals surface area contributed by atoms with Gasteiger partial charge in [0.15, 0.2) is 0 Å². The second-order valence-electron chi connectivity index (χ2n) is 5.37. The molecule has 0 aliphatic carbocycles. The lowest BCUT2D eigenvalue weighted by atomic mass is 10.1. The first-order valence-corrected chi connectivity index (χ1v) is 7.84. The van der Waals surface area contributed by atoms with Gasteiger partial charge in [0, 0.05) is 5.69 Å². The highest BCUT2D eigenvalue weighted by atomic mass is 16.5. The minimum Gasteiger partial charge on any atom is -0.497 e. The first-order valence-electron chi connectivity index (χ1n) is 7.84. The third kappa shape index (κ3) is 3.33. The maximum atomic E-state index is 12.6. The number of aryl methyl sites for hydroxylation is 1. The first kappa shape index (κ1) is 15.9. The van der Waals surface area contributed by atoms with E-state index in [1.165, 1.54) is 0 Å². The predicted molar refractivity (Wildman–Crippen MR) is 93.6 cm³/mol. The van der Waals surface area contributed by atoms with E-state index in [4.69, 9.17) is 9.47 Å². The highest BCUT2D eigenvalue weighted by molar-refractivity contribution is 5.98. The number of esters is 1. The number of nitrogens with one attached hydrogen (secondary N) is 1. The molecule has 0 saturated carbocycles. The average Bonchev–Trinajstić information content (AvgIpc) is 3.08. The van der Waals surface area contributed by atoms with Crippen LogP contribution in [0.4, 0.5) is 0 Å². The summed E-state index contributed by atoms with van der Waals surface area (Å²) in [6, 6.07) is 18.6. The van der Waals surface area contributed by atoms with Crippen LogP contribution >= 0.6 is 0 Å². The Morgan fingerprint density at radius 3 is 2.29 bits per heavy atom. The Hall–Kier alpha value is -3.01. The van der Waals surface area contributed by atoms with Gasteiger partial charge in [-0.15, -0.1) is 0 Å². The fourth-order valence-corrected chi connectivity index (χ4v) is 2.50. The Labute approximate surface area is 141 Å². The lowest BCUT2D eigenvalue weighted by Gasteiger charge is -2.06. The van der Waals surface area contributed by atoms with Gasteiger partial charge in [-0.2, -0.15) is 0 Å². The molecule has 0 aliphatic rings. The van der Waals surface area contributed by atoms with Crippen molar-refractivity contribution in [2.45, 2.75) is 13.3 Å². The SMILES string of the molecule is CCc1cc(C(=O)Oc2ccc(OC)cc2)c(-c2ccccc2)[nH]1. The zero-order valence-corrected chi connectivity index (χ0v) is 13.7. The van der Waals surface area contributed by atoms with Crippen molar-refractivity contribution >= 4 is 5.97 Å². The number of hydrogen-bond acceptors (Lipinski definition) is 3. The third-order valence-electron chi connectivity index (χ3n) is 3.81. The number of ether oxygens (including phenoxy) is 2. The second-order valence-corrected chi connectivity index (χ2v) is 5.37. The lowest BCUT2D eigenvalue weighted by Crippen LogP contribution is -2.08. The van der Waals surface area contributed by atoms with Gasteiger partial charge in [-0.1, -0.05) is 37.3 Å². The summed E-state index contributed by atoms with van der Waals surface area (Å²) >= 11 is 0. The molecule has 3 rings (SSSR count). The Morgan fingerprint density at radius 1 is 1.00 bits per heavy atom. The Bertz CT molecular complexity index is 820. The molecule has 24 heavy (non-hydrogen) atoms. The molecule has 0 bridgehead atoms. The van der Waals surface area contributed by atoms with Gasteiger partial charge >= 0.3 is 5.97 Å². The molecule has 1 heterocycles. The highest BCUT2D eigenvalue weighted by Gasteiger charge is 2.18. The van der Waals surface area contributed by atoms with E-state index in [0.717, 1.165) is 29.1 Å². The van der Waals surface area contributed by atoms with E-state index in [2.05, 4.69) is 4.98 Å². The number of carbonyl (C=O) groups excluding carboxylic acids is 1. The van der Waals surface area contributed by atoms with Gasteiger partial charge in [0.2, 0.25) is 0 Å². The summed E-state index contributed by atoms with van der Waals surface area (Å²) in [5, 5.41) is 0. The minimum absolute atomic E-state index is 0.380. The molecule has 2 aromatic carbocycles. The number of aromatic amines is 1. The molecule has 0 unspecified atom stereocenters. The second kappa shape index (κ2) is 7.04. The van der Waals surface area contributed by atoms with Gasteiger partial charge in [0.25, 0.3) is 0 Å². The van der Waals surface area contributed by atoms with Crippen LogP contribution in [0, 0.1) is 0 Å². The van der Waals surface area contributed by atoms with Crippen LogP contribution < -0.4 is 9.47 Å². The molecule has 1 N–H and O–H groups in total. The number of carbonyl (C=O) groups is 1. The van der Waals surface area contributed by atoms with Crippen LogP contribution in [-0.2, 0) is 6.42 Å². The maximum Gasteiger partial charge on any atom is 0.345 e. The van der Waals surface area contributed by atoms with E-state index >= 15 is 0 Å². The fourth-order valence-electron chi connectivity index (χ4n) is 2.50. The van der Waals surface area contributed by atoms with E-state index in [1.807, 2.05) is 43.3 Å². The quantitative estimate of drug-likeness (QED) is 0.557. The van der Waals surface area contributed by atoms with E-state index in [9.17, 15) is 4.79 Å². The van der Waals surface area contributed by atoms with Crippen molar-refractivity contribution < 1.29 is 14.3 Å². The van der Waals surface area contributed by atoms with Crippen molar-refractivity contribution in [3.8, 4) is 22.8 Å². The molecule has 0 amide bonds. The zero-order chi connectivity index (χ0) is 16.9. The van der Waals surface area contributed by atoms with E-state index in [-0.39, 0.29) is 5.97 Å². The summed E-state index contributed by atoms with van der Waals surface area (Å²) < 4.78 is 10.6.